The fourth-order valence-corrected chi connectivity index (χ4v) is 4.87. The molecule has 0 aliphatic heterocycles. The fraction of sp³-hybridized carbons (Fsp3) is 0.440. The number of aromatic nitrogens is 3. The molecule has 2 heterocycles. The van der Waals surface area contributed by atoms with Gasteiger partial charge >= 0.3 is 0 Å². The summed E-state index contributed by atoms with van der Waals surface area (Å²) in [5, 5.41) is 3.24. The van der Waals surface area contributed by atoms with Crippen LogP contribution in [0.25, 0.3) is 0 Å². The molecule has 1 amide bonds. The van der Waals surface area contributed by atoms with Crippen LogP contribution in [0.1, 0.15) is 77.3 Å². The first kappa shape index (κ1) is 21.2. The van der Waals surface area contributed by atoms with E-state index in [-0.39, 0.29) is 11.9 Å². The zero-order valence-corrected chi connectivity index (χ0v) is 18.9. The van der Waals surface area contributed by atoms with Gasteiger partial charge in [-0.2, -0.15) is 0 Å². The number of benzene rings is 1. The number of nitrogens with zero attached hydrogens (tertiary/aromatic N) is 3. The Morgan fingerprint density at radius 3 is 2.48 bits per heavy atom. The van der Waals surface area contributed by atoms with Crippen molar-refractivity contribution >= 4 is 5.91 Å². The third-order valence-corrected chi connectivity index (χ3v) is 6.51. The van der Waals surface area contributed by atoms with Gasteiger partial charge in [0.15, 0.2) is 0 Å². The number of hydrogen-bond donors (Lipinski definition) is 1. The van der Waals surface area contributed by atoms with Crippen molar-refractivity contribution in [3.8, 4) is 5.75 Å². The molecule has 6 nitrogen and oxygen atoms in total. The zero-order valence-electron chi connectivity index (χ0n) is 18.9. The summed E-state index contributed by atoms with van der Waals surface area (Å²) in [6.07, 6.45) is 9.89. The van der Waals surface area contributed by atoms with Crippen molar-refractivity contribution < 1.29 is 9.53 Å². The van der Waals surface area contributed by atoms with E-state index in [1.165, 1.54) is 32.1 Å². The van der Waals surface area contributed by atoms with Crippen LogP contribution in [0.3, 0.4) is 0 Å². The Kier molecular flexibility index (Phi) is 6.16. The van der Waals surface area contributed by atoms with Gasteiger partial charge in [0.2, 0.25) is 0 Å². The number of hydrogen-bond acceptors (Lipinski definition) is 3. The molecule has 0 radical (unpaired) electrons. The highest BCUT2D eigenvalue weighted by atomic mass is 16.5. The Bertz CT molecular complexity index is 1040. The molecule has 0 saturated heterocycles. The van der Waals surface area contributed by atoms with Crippen LogP contribution < -0.4 is 10.1 Å². The van der Waals surface area contributed by atoms with E-state index in [0.717, 1.165) is 34.1 Å². The molecule has 1 aromatic carbocycles. The first-order chi connectivity index (χ1) is 15.0. The smallest absolute Gasteiger partial charge is 0.253 e. The maximum absolute atomic E-state index is 13.4. The predicted octanol–water partition coefficient (Wildman–Crippen LogP) is 4.87. The predicted molar refractivity (Wildman–Crippen MR) is 122 cm³/mol. The van der Waals surface area contributed by atoms with Gasteiger partial charge in [0.05, 0.1) is 12.7 Å². The highest BCUT2D eigenvalue weighted by molar-refractivity contribution is 5.96. The third kappa shape index (κ3) is 4.24. The van der Waals surface area contributed by atoms with Crippen LogP contribution in [0.4, 0.5) is 0 Å². The van der Waals surface area contributed by atoms with E-state index >= 15 is 0 Å². The lowest BCUT2D eigenvalue weighted by Crippen LogP contribution is -2.31. The largest absolute Gasteiger partial charge is 0.497 e. The van der Waals surface area contributed by atoms with Gasteiger partial charge in [0, 0.05) is 36.9 Å². The molecule has 164 valence electrons. The number of carbonyl (C=O) groups is 1. The van der Waals surface area contributed by atoms with Gasteiger partial charge in [0.1, 0.15) is 17.6 Å². The van der Waals surface area contributed by atoms with Crippen LogP contribution in [-0.2, 0) is 7.05 Å². The number of aryl methyl sites for hydroxylation is 2. The molecule has 6 heteroatoms. The van der Waals surface area contributed by atoms with Crippen LogP contribution in [0, 0.1) is 13.8 Å². The average Bonchev–Trinajstić information content (AvgIpc) is 3.34. The van der Waals surface area contributed by atoms with E-state index < -0.39 is 0 Å². The van der Waals surface area contributed by atoms with Crippen LogP contribution in [0.5, 0.6) is 5.75 Å². The van der Waals surface area contributed by atoms with Crippen molar-refractivity contribution in [2.24, 2.45) is 7.05 Å². The maximum Gasteiger partial charge on any atom is 0.253 e. The lowest BCUT2D eigenvalue weighted by Gasteiger charge is -2.26. The second kappa shape index (κ2) is 9.00. The highest BCUT2D eigenvalue weighted by Crippen LogP contribution is 2.32. The van der Waals surface area contributed by atoms with Crippen molar-refractivity contribution in [2.75, 3.05) is 7.11 Å². The molecule has 31 heavy (non-hydrogen) atoms. The van der Waals surface area contributed by atoms with Crippen molar-refractivity contribution in [3.63, 3.8) is 0 Å². The number of imidazole rings is 1. The van der Waals surface area contributed by atoms with E-state index in [0.29, 0.717) is 6.04 Å². The lowest BCUT2D eigenvalue weighted by atomic mass is 9.95. The van der Waals surface area contributed by atoms with Gasteiger partial charge in [0.25, 0.3) is 5.91 Å². The Balaban J connectivity index is 1.64. The molecule has 2 aromatic heterocycles. The van der Waals surface area contributed by atoms with Gasteiger partial charge in [-0.1, -0.05) is 31.4 Å². The maximum atomic E-state index is 13.4. The molecule has 3 aromatic rings. The topological polar surface area (TPSA) is 61.1 Å². The minimum atomic E-state index is -0.351. The molecule has 1 N–H and O–H groups in total. The number of rotatable bonds is 6. The number of nitrogens with one attached hydrogen (secondary N) is 1. The van der Waals surface area contributed by atoms with Crippen molar-refractivity contribution in [1.29, 1.82) is 0 Å². The SMILES string of the molecule is COc1ccc(C(NC(=O)c2cc(C)n(C3CCCCC3)c2C)c2nccn2C)cc1. The van der Waals surface area contributed by atoms with Crippen LogP contribution in [-0.4, -0.2) is 27.1 Å². The van der Waals surface area contributed by atoms with E-state index in [4.69, 9.17) is 4.74 Å². The van der Waals surface area contributed by atoms with Gasteiger partial charge in [-0.15, -0.1) is 0 Å². The standard InChI is InChI=1S/C25H32N4O2/c1-17-16-22(18(2)29(17)20-8-6-5-7-9-20)25(30)27-23(24-26-14-15-28(24)3)19-10-12-21(31-4)13-11-19/h10-16,20,23H,5-9H2,1-4H3,(H,27,30). The molecule has 4 rings (SSSR count). The summed E-state index contributed by atoms with van der Waals surface area (Å²) in [5.74, 6) is 1.50. The number of methoxy groups -OCH3 is 1. The first-order valence-corrected chi connectivity index (χ1v) is 11.1. The fourth-order valence-electron chi connectivity index (χ4n) is 4.87. The quantitative estimate of drug-likeness (QED) is 0.619. The molecular formula is C25H32N4O2. The van der Waals surface area contributed by atoms with Crippen LogP contribution in [0.15, 0.2) is 42.7 Å². The van der Waals surface area contributed by atoms with Crippen molar-refractivity contribution in [3.05, 3.63) is 71.1 Å². The van der Waals surface area contributed by atoms with Gasteiger partial charge in [-0.05, 0) is 50.5 Å². The molecule has 0 bridgehead atoms. The van der Waals surface area contributed by atoms with E-state index in [9.17, 15) is 4.79 Å². The monoisotopic (exact) mass is 420 g/mol. The lowest BCUT2D eigenvalue weighted by molar-refractivity contribution is 0.0940. The zero-order chi connectivity index (χ0) is 22.0. The number of amides is 1. The minimum absolute atomic E-state index is 0.0704. The first-order valence-electron chi connectivity index (χ1n) is 11.1. The summed E-state index contributed by atoms with van der Waals surface area (Å²) < 4.78 is 9.61. The molecule has 1 aliphatic rings. The Labute approximate surface area is 184 Å². The molecule has 1 aliphatic carbocycles. The summed E-state index contributed by atoms with van der Waals surface area (Å²) in [7, 11) is 3.59. The minimum Gasteiger partial charge on any atom is -0.497 e. The molecule has 1 fully saturated rings. The number of carbonyl (C=O) groups excluding carboxylic acids is 1. The summed E-state index contributed by atoms with van der Waals surface area (Å²) in [5.41, 5.74) is 3.92. The third-order valence-electron chi connectivity index (χ3n) is 6.51. The Morgan fingerprint density at radius 2 is 1.87 bits per heavy atom. The van der Waals surface area contributed by atoms with Gasteiger partial charge in [-0.25, -0.2) is 4.98 Å². The molecule has 1 saturated carbocycles. The van der Waals surface area contributed by atoms with Gasteiger partial charge < -0.3 is 19.2 Å². The van der Waals surface area contributed by atoms with Crippen LogP contribution >= 0.6 is 0 Å². The summed E-state index contributed by atoms with van der Waals surface area (Å²) in [6, 6.07) is 9.95. The van der Waals surface area contributed by atoms with Crippen molar-refractivity contribution in [1.82, 2.24) is 19.4 Å². The molecule has 0 spiro atoms. The van der Waals surface area contributed by atoms with E-state index in [2.05, 4.69) is 28.7 Å². The highest BCUT2D eigenvalue weighted by Gasteiger charge is 2.26. The summed E-state index contributed by atoms with van der Waals surface area (Å²) in [4.78, 5) is 18.0. The van der Waals surface area contributed by atoms with E-state index in [1.54, 1.807) is 13.3 Å². The summed E-state index contributed by atoms with van der Waals surface area (Å²) >= 11 is 0. The Hall–Kier alpha value is -3.02. The van der Waals surface area contributed by atoms with Crippen molar-refractivity contribution in [2.45, 2.75) is 58.0 Å². The second-order valence-corrected chi connectivity index (χ2v) is 8.52. The number of ether oxygens (including phenoxy) is 1. The Morgan fingerprint density at radius 1 is 1.16 bits per heavy atom. The molecular weight excluding hydrogens is 388 g/mol. The molecule has 1 atom stereocenters. The summed E-state index contributed by atoms with van der Waals surface area (Å²) in [6.45, 7) is 4.18. The van der Waals surface area contributed by atoms with Crippen LogP contribution in [0.2, 0.25) is 0 Å². The second-order valence-electron chi connectivity index (χ2n) is 8.52. The van der Waals surface area contributed by atoms with E-state index in [1.807, 2.05) is 48.1 Å². The van der Waals surface area contributed by atoms with Gasteiger partial charge in [-0.3, -0.25) is 4.79 Å². The normalized spacial score (nSPS) is 15.6. The average molecular weight is 421 g/mol. The molecule has 1 unspecified atom stereocenters.